The van der Waals surface area contributed by atoms with Crippen molar-refractivity contribution in [1.29, 1.82) is 0 Å². The fourth-order valence-corrected chi connectivity index (χ4v) is 1.39. The van der Waals surface area contributed by atoms with Gasteiger partial charge in [0, 0.05) is 20.2 Å². The summed E-state index contributed by atoms with van der Waals surface area (Å²) in [5.74, 6) is 0. The molecular formula is C8H8N4O3. The molecule has 0 amide bonds. The Morgan fingerprint density at radius 3 is 2.53 bits per heavy atom. The van der Waals surface area contributed by atoms with E-state index in [0.29, 0.717) is 0 Å². The summed E-state index contributed by atoms with van der Waals surface area (Å²) in [6.07, 6.45) is 0. The molecule has 0 saturated heterocycles. The molecule has 0 radical (unpaired) electrons. The summed E-state index contributed by atoms with van der Waals surface area (Å²) in [5.41, 5.74) is -1.31. The largest absolute Gasteiger partial charge is 0.332 e. The number of nitrogens with zero attached hydrogens (tertiary/aromatic N) is 3. The molecule has 15 heavy (non-hydrogen) atoms. The smallest absolute Gasteiger partial charge is 0.279 e. The molecule has 0 bridgehead atoms. The molecule has 7 heteroatoms. The molecule has 0 aliphatic heterocycles. The predicted molar refractivity (Wildman–Crippen MR) is 52.8 cm³/mol. The van der Waals surface area contributed by atoms with Crippen molar-refractivity contribution in [2.75, 3.05) is 0 Å². The minimum Gasteiger partial charge on any atom is -0.279 e. The van der Waals surface area contributed by atoms with Crippen LogP contribution in [0.4, 0.5) is 0 Å². The second-order valence-electron chi connectivity index (χ2n) is 3.18. The summed E-state index contributed by atoms with van der Waals surface area (Å²) >= 11 is 0. The van der Waals surface area contributed by atoms with E-state index in [-0.39, 0.29) is 11.0 Å². The molecule has 78 valence electrons. The summed E-state index contributed by atoms with van der Waals surface area (Å²) in [6.45, 7) is 0. The molecule has 0 aromatic carbocycles. The molecule has 0 saturated carbocycles. The fraction of sp³-hybridized carbons (Fsp3) is 0.250. The molecule has 2 rings (SSSR count). The molecule has 0 aliphatic rings. The quantitative estimate of drug-likeness (QED) is 0.560. The number of aromatic amines is 1. The van der Waals surface area contributed by atoms with Crippen molar-refractivity contribution in [1.82, 2.24) is 19.3 Å². The summed E-state index contributed by atoms with van der Waals surface area (Å²) in [7, 11) is 2.83. The first kappa shape index (κ1) is 9.38. The summed E-state index contributed by atoms with van der Waals surface area (Å²) in [6, 6.07) is 1.13. The topological polar surface area (TPSA) is 89.8 Å². The minimum absolute atomic E-state index is 0.128. The van der Waals surface area contributed by atoms with Gasteiger partial charge < -0.3 is 0 Å². The third kappa shape index (κ3) is 1.20. The number of fused-ring (bicyclic) bond motifs is 1. The summed E-state index contributed by atoms with van der Waals surface area (Å²) < 4.78 is 2.14. The highest BCUT2D eigenvalue weighted by molar-refractivity contribution is 5.72. The van der Waals surface area contributed by atoms with E-state index in [1.807, 2.05) is 0 Å². The third-order valence-electron chi connectivity index (χ3n) is 2.21. The van der Waals surface area contributed by atoms with Crippen molar-refractivity contribution in [2.45, 2.75) is 0 Å². The molecule has 0 atom stereocenters. The number of aryl methyl sites for hydroxylation is 1. The average molecular weight is 208 g/mol. The van der Waals surface area contributed by atoms with Gasteiger partial charge in [-0.05, 0) is 0 Å². The van der Waals surface area contributed by atoms with E-state index in [1.165, 1.54) is 18.7 Å². The lowest BCUT2D eigenvalue weighted by atomic mass is 10.3. The Hall–Kier alpha value is -2.18. The zero-order chi connectivity index (χ0) is 11.2. The van der Waals surface area contributed by atoms with Gasteiger partial charge in [-0.2, -0.15) is 5.10 Å². The van der Waals surface area contributed by atoms with E-state index in [4.69, 9.17) is 0 Å². The van der Waals surface area contributed by atoms with Crippen LogP contribution in [0, 0.1) is 0 Å². The third-order valence-corrected chi connectivity index (χ3v) is 2.21. The van der Waals surface area contributed by atoms with Crippen LogP contribution in [-0.4, -0.2) is 19.3 Å². The van der Waals surface area contributed by atoms with Crippen LogP contribution in [0.3, 0.4) is 0 Å². The maximum atomic E-state index is 11.6. The molecule has 2 aromatic rings. The van der Waals surface area contributed by atoms with Crippen molar-refractivity contribution in [2.24, 2.45) is 14.1 Å². The normalized spacial score (nSPS) is 10.8. The van der Waals surface area contributed by atoms with Crippen molar-refractivity contribution in [3.05, 3.63) is 37.3 Å². The maximum Gasteiger partial charge on any atom is 0.332 e. The van der Waals surface area contributed by atoms with Gasteiger partial charge >= 0.3 is 5.69 Å². The second kappa shape index (κ2) is 2.91. The maximum absolute atomic E-state index is 11.6. The van der Waals surface area contributed by atoms with Gasteiger partial charge in [0.15, 0.2) is 5.65 Å². The van der Waals surface area contributed by atoms with Crippen LogP contribution in [0.15, 0.2) is 20.4 Å². The Kier molecular flexibility index (Phi) is 1.82. The first-order valence-electron chi connectivity index (χ1n) is 4.18. The Morgan fingerprint density at radius 2 is 1.87 bits per heavy atom. The van der Waals surface area contributed by atoms with Gasteiger partial charge in [-0.15, -0.1) is 0 Å². The van der Waals surface area contributed by atoms with E-state index >= 15 is 0 Å². The monoisotopic (exact) mass is 208 g/mol. The van der Waals surface area contributed by atoms with E-state index in [0.717, 1.165) is 10.6 Å². The van der Waals surface area contributed by atoms with Crippen molar-refractivity contribution >= 4 is 11.0 Å². The Bertz CT molecular complexity index is 706. The lowest BCUT2D eigenvalue weighted by molar-refractivity contribution is 0.702. The first-order chi connectivity index (χ1) is 7.02. The van der Waals surface area contributed by atoms with Crippen LogP contribution in [0.25, 0.3) is 11.0 Å². The number of hydrogen-bond acceptors (Lipinski definition) is 4. The molecule has 0 aliphatic carbocycles. The fourth-order valence-electron chi connectivity index (χ4n) is 1.39. The van der Waals surface area contributed by atoms with Crippen molar-refractivity contribution < 1.29 is 0 Å². The van der Waals surface area contributed by atoms with Crippen LogP contribution >= 0.6 is 0 Å². The molecular weight excluding hydrogens is 200 g/mol. The van der Waals surface area contributed by atoms with Crippen molar-refractivity contribution in [3.8, 4) is 0 Å². The van der Waals surface area contributed by atoms with Crippen LogP contribution in [0.1, 0.15) is 0 Å². The van der Waals surface area contributed by atoms with Gasteiger partial charge in [0.05, 0.1) is 5.39 Å². The van der Waals surface area contributed by atoms with Gasteiger partial charge in [-0.3, -0.25) is 18.7 Å². The van der Waals surface area contributed by atoms with Crippen LogP contribution in [0.2, 0.25) is 0 Å². The zero-order valence-electron chi connectivity index (χ0n) is 8.14. The Morgan fingerprint density at radius 1 is 1.20 bits per heavy atom. The van der Waals surface area contributed by atoms with Crippen LogP contribution in [0.5, 0.6) is 0 Å². The molecule has 0 spiro atoms. The summed E-state index contributed by atoms with van der Waals surface area (Å²) in [4.78, 5) is 34.1. The molecule has 2 aromatic heterocycles. The van der Waals surface area contributed by atoms with Crippen LogP contribution < -0.4 is 16.8 Å². The van der Waals surface area contributed by atoms with Gasteiger partial charge in [0.2, 0.25) is 0 Å². The minimum atomic E-state index is -0.522. The zero-order valence-corrected chi connectivity index (χ0v) is 8.14. The number of rotatable bonds is 0. The van der Waals surface area contributed by atoms with E-state index in [9.17, 15) is 14.4 Å². The highest BCUT2D eigenvalue weighted by Crippen LogP contribution is 1.96. The second-order valence-corrected chi connectivity index (χ2v) is 3.18. The molecule has 0 fully saturated rings. The van der Waals surface area contributed by atoms with Crippen LogP contribution in [-0.2, 0) is 14.1 Å². The van der Waals surface area contributed by atoms with E-state index in [2.05, 4.69) is 10.2 Å². The van der Waals surface area contributed by atoms with Gasteiger partial charge in [-0.25, -0.2) is 9.89 Å². The van der Waals surface area contributed by atoms with Crippen molar-refractivity contribution in [3.63, 3.8) is 0 Å². The highest BCUT2D eigenvalue weighted by atomic mass is 16.2. The molecule has 2 heterocycles. The first-order valence-corrected chi connectivity index (χ1v) is 4.18. The standard InChI is InChI=1S/C8H8N4O3/c1-11-6-4(3-5(13)9-10-6)7(14)12(2)8(11)15/h3H,1-2H3,(H,9,13). The number of hydrogen-bond donors (Lipinski definition) is 1. The van der Waals surface area contributed by atoms with Gasteiger partial charge in [-0.1, -0.05) is 0 Å². The Labute approximate surface area is 82.6 Å². The van der Waals surface area contributed by atoms with Gasteiger partial charge in [0.1, 0.15) is 0 Å². The molecule has 1 N–H and O–H groups in total. The Balaban J connectivity index is 3.22. The summed E-state index contributed by atoms with van der Waals surface area (Å²) in [5, 5.41) is 5.96. The number of nitrogens with one attached hydrogen (secondary N) is 1. The predicted octanol–water partition coefficient (Wildman–Crippen LogP) is -1.68. The lowest BCUT2D eigenvalue weighted by Gasteiger charge is -2.04. The number of aromatic nitrogens is 4. The van der Waals surface area contributed by atoms with E-state index < -0.39 is 16.8 Å². The highest BCUT2D eigenvalue weighted by Gasteiger charge is 2.09. The number of H-pyrrole nitrogens is 1. The average Bonchev–Trinajstić information content (AvgIpc) is 2.23. The lowest BCUT2D eigenvalue weighted by Crippen LogP contribution is -2.38. The van der Waals surface area contributed by atoms with Gasteiger partial charge in [0.25, 0.3) is 11.1 Å². The molecule has 7 nitrogen and oxygen atoms in total. The van der Waals surface area contributed by atoms with E-state index in [1.54, 1.807) is 0 Å². The molecule has 0 unspecified atom stereocenters. The SMILES string of the molecule is Cn1c(=O)c2cc(=O)[nH]nc2n(C)c1=O.